The number of rotatable bonds is 7. The van der Waals surface area contributed by atoms with Crippen LogP contribution in [0, 0.1) is 0 Å². The number of carbonyl (C=O) groups is 2. The Kier molecular flexibility index (Phi) is 5.41. The van der Waals surface area contributed by atoms with Gasteiger partial charge in [0, 0.05) is 33.0 Å². The molecule has 0 saturated heterocycles. The Labute approximate surface area is 129 Å². The largest absolute Gasteiger partial charge is 0.454 e. The van der Waals surface area contributed by atoms with Crippen LogP contribution >= 0.6 is 0 Å². The standard InChI is InChI=1S/C16H20N2O4/c1-3-7-17-16(20)6-8-18(12(2)19)10-13-4-5-14-15(9-13)22-11-21-14/h3-5,9H,1,6-8,10-11H2,2H3,(H,17,20). The monoisotopic (exact) mass is 304 g/mol. The summed E-state index contributed by atoms with van der Waals surface area (Å²) in [5.74, 6) is 1.22. The van der Waals surface area contributed by atoms with Crippen molar-refractivity contribution in [2.45, 2.75) is 19.9 Å². The molecule has 118 valence electrons. The summed E-state index contributed by atoms with van der Waals surface area (Å²) in [4.78, 5) is 25.0. The lowest BCUT2D eigenvalue weighted by Crippen LogP contribution is -2.33. The number of hydrogen-bond acceptors (Lipinski definition) is 4. The zero-order valence-electron chi connectivity index (χ0n) is 12.6. The number of ether oxygens (including phenoxy) is 2. The summed E-state index contributed by atoms with van der Waals surface area (Å²) in [5, 5.41) is 2.69. The van der Waals surface area contributed by atoms with Crippen LogP contribution in [0.3, 0.4) is 0 Å². The highest BCUT2D eigenvalue weighted by molar-refractivity contribution is 5.78. The lowest BCUT2D eigenvalue weighted by molar-refractivity contribution is -0.130. The van der Waals surface area contributed by atoms with Crippen LogP contribution in [0.4, 0.5) is 0 Å². The van der Waals surface area contributed by atoms with Gasteiger partial charge in [0.15, 0.2) is 11.5 Å². The SMILES string of the molecule is C=CCNC(=O)CCN(Cc1ccc2c(c1)OCO2)C(C)=O. The van der Waals surface area contributed by atoms with Crippen LogP contribution in [0.5, 0.6) is 11.5 Å². The quantitative estimate of drug-likeness (QED) is 0.774. The molecule has 0 radical (unpaired) electrons. The van der Waals surface area contributed by atoms with Crippen molar-refractivity contribution in [3.8, 4) is 11.5 Å². The molecule has 1 aromatic rings. The van der Waals surface area contributed by atoms with E-state index >= 15 is 0 Å². The number of fused-ring (bicyclic) bond motifs is 1. The second kappa shape index (κ2) is 7.49. The third-order valence-corrected chi connectivity index (χ3v) is 3.31. The predicted octanol–water partition coefficient (Wildman–Crippen LogP) is 1.46. The van der Waals surface area contributed by atoms with Gasteiger partial charge in [-0.15, -0.1) is 6.58 Å². The maximum absolute atomic E-state index is 11.7. The number of benzene rings is 1. The first-order valence-corrected chi connectivity index (χ1v) is 7.12. The minimum absolute atomic E-state index is 0.0748. The van der Waals surface area contributed by atoms with E-state index in [0.717, 1.165) is 5.56 Å². The van der Waals surface area contributed by atoms with Crippen LogP contribution in [0.25, 0.3) is 0 Å². The van der Waals surface area contributed by atoms with E-state index in [4.69, 9.17) is 9.47 Å². The molecule has 1 aliphatic rings. The zero-order valence-corrected chi connectivity index (χ0v) is 12.6. The van der Waals surface area contributed by atoms with Crippen LogP contribution in [0.15, 0.2) is 30.9 Å². The molecule has 1 heterocycles. The van der Waals surface area contributed by atoms with Crippen molar-refractivity contribution in [1.82, 2.24) is 10.2 Å². The number of nitrogens with zero attached hydrogens (tertiary/aromatic N) is 1. The topological polar surface area (TPSA) is 67.9 Å². The van der Waals surface area contributed by atoms with E-state index in [1.807, 2.05) is 18.2 Å². The summed E-state index contributed by atoms with van der Waals surface area (Å²) in [6, 6.07) is 5.57. The third-order valence-electron chi connectivity index (χ3n) is 3.31. The van der Waals surface area contributed by atoms with Gasteiger partial charge in [-0.05, 0) is 17.7 Å². The highest BCUT2D eigenvalue weighted by Gasteiger charge is 2.16. The van der Waals surface area contributed by atoms with Crippen molar-refractivity contribution < 1.29 is 19.1 Å². The van der Waals surface area contributed by atoms with Crippen molar-refractivity contribution in [1.29, 1.82) is 0 Å². The minimum Gasteiger partial charge on any atom is -0.454 e. The molecule has 0 aromatic heterocycles. The van der Waals surface area contributed by atoms with Crippen molar-refractivity contribution in [2.24, 2.45) is 0 Å². The summed E-state index contributed by atoms with van der Waals surface area (Å²) in [7, 11) is 0. The lowest BCUT2D eigenvalue weighted by Gasteiger charge is -2.21. The van der Waals surface area contributed by atoms with Gasteiger partial charge in [-0.3, -0.25) is 9.59 Å². The van der Waals surface area contributed by atoms with E-state index in [1.165, 1.54) is 6.92 Å². The van der Waals surface area contributed by atoms with Gasteiger partial charge in [-0.25, -0.2) is 0 Å². The molecule has 0 atom stereocenters. The van der Waals surface area contributed by atoms with E-state index in [-0.39, 0.29) is 25.0 Å². The molecule has 1 aromatic carbocycles. The second-order valence-corrected chi connectivity index (χ2v) is 4.97. The molecule has 1 N–H and O–H groups in total. The Morgan fingerprint density at radius 3 is 2.86 bits per heavy atom. The van der Waals surface area contributed by atoms with E-state index in [0.29, 0.717) is 31.1 Å². The molecule has 22 heavy (non-hydrogen) atoms. The molecule has 0 bridgehead atoms. The molecule has 0 aliphatic carbocycles. The van der Waals surface area contributed by atoms with Crippen LogP contribution < -0.4 is 14.8 Å². The lowest BCUT2D eigenvalue weighted by atomic mass is 10.2. The minimum atomic E-state index is -0.100. The highest BCUT2D eigenvalue weighted by Crippen LogP contribution is 2.32. The van der Waals surface area contributed by atoms with Crippen LogP contribution in [0.1, 0.15) is 18.9 Å². The highest BCUT2D eigenvalue weighted by atomic mass is 16.7. The van der Waals surface area contributed by atoms with Crippen LogP contribution in [0.2, 0.25) is 0 Å². The smallest absolute Gasteiger partial charge is 0.231 e. The summed E-state index contributed by atoms with van der Waals surface area (Å²) >= 11 is 0. The van der Waals surface area contributed by atoms with Gasteiger partial charge in [-0.1, -0.05) is 12.1 Å². The number of nitrogens with one attached hydrogen (secondary N) is 1. The molecule has 2 amide bonds. The van der Waals surface area contributed by atoms with E-state index in [1.54, 1.807) is 11.0 Å². The molecule has 2 rings (SSSR count). The summed E-state index contributed by atoms with van der Waals surface area (Å²) in [6.45, 7) is 6.49. The molecule has 6 nitrogen and oxygen atoms in total. The maximum Gasteiger partial charge on any atom is 0.231 e. The fourth-order valence-corrected chi connectivity index (χ4v) is 2.12. The first kappa shape index (κ1) is 15.9. The van der Waals surface area contributed by atoms with Crippen molar-refractivity contribution in [2.75, 3.05) is 19.9 Å². The average molecular weight is 304 g/mol. The van der Waals surface area contributed by atoms with Gasteiger partial charge in [0.2, 0.25) is 18.6 Å². The molecule has 0 fully saturated rings. The summed E-state index contributed by atoms with van der Waals surface area (Å²) in [6.07, 6.45) is 1.88. The van der Waals surface area contributed by atoms with Gasteiger partial charge < -0.3 is 19.7 Å². The molecule has 0 saturated carbocycles. The fraction of sp³-hybridized carbons (Fsp3) is 0.375. The third kappa shape index (κ3) is 4.25. The number of hydrogen-bond donors (Lipinski definition) is 1. The zero-order chi connectivity index (χ0) is 15.9. The first-order valence-electron chi connectivity index (χ1n) is 7.12. The van der Waals surface area contributed by atoms with Crippen LogP contribution in [-0.4, -0.2) is 36.6 Å². The molecular weight excluding hydrogens is 284 g/mol. The van der Waals surface area contributed by atoms with Crippen molar-refractivity contribution >= 4 is 11.8 Å². The maximum atomic E-state index is 11.7. The molecule has 6 heteroatoms. The second-order valence-electron chi connectivity index (χ2n) is 4.97. The van der Waals surface area contributed by atoms with Crippen LogP contribution in [-0.2, 0) is 16.1 Å². The molecule has 0 spiro atoms. The van der Waals surface area contributed by atoms with Gasteiger partial charge in [0.1, 0.15) is 0 Å². The Bertz CT molecular complexity index is 571. The fourth-order valence-electron chi connectivity index (χ4n) is 2.12. The molecule has 1 aliphatic heterocycles. The van der Waals surface area contributed by atoms with Crippen molar-refractivity contribution in [3.63, 3.8) is 0 Å². The summed E-state index contributed by atoms with van der Waals surface area (Å²) < 4.78 is 10.6. The summed E-state index contributed by atoms with van der Waals surface area (Å²) in [5.41, 5.74) is 0.936. The van der Waals surface area contributed by atoms with Gasteiger partial charge >= 0.3 is 0 Å². The van der Waals surface area contributed by atoms with Crippen molar-refractivity contribution in [3.05, 3.63) is 36.4 Å². The average Bonchev–Trinajstić information content (AvgIpc) is 2.96. The Morgan fingerprint density at radius 2 is 2.14 bits per heavy atom. The van der Waals surface area contributed by atoms with Gasteiger partial charge in [0.25, 0.3) is 0 Å². The van der Waals surface area contributed by atoms with Gasteiger partial charge in [0.05, 0.1) is 0 Å². The van der Waals surface area contributed by atoms with E-state index < -0.39 is 0 Å². The first-order chi connectivity index (χ1) is 10.6. The molecular formula is C16H20N2O4. The Balaban J connectivity index is 1.92. The van der Waals surface area contributed by atoms with E-state index in [9.17, 15) is 9.59 Å². The molecule has 0 unspecified atom stereocenters. The Morgan fingerprint density at radius 1 is 1.36 bits per heavy atom. The predicted molar refractivity (Wildman–Crippen MR) is 81.5 cm³/mol. The normalized spacial score (nSPS) is 11.9. The van der Waals surface area contributed by atoms with Gasteiger partial charge in [-0.2, -0.15) is 0 Å². The van der Waals surface area contributed by atoms with E-state index in [2.05, 4.69) is 11.9 Å². The number of carbonyl (C=O) groups excluding carboxylic acids is 2. The number of amides is 2. The Hall–Kier alpha value is -2.50.